The largest absolute Gasteiger partial charge is 0.495 e. The fourth-order valence-corrected chi connectivity index (χ4v) is 0.986. The van der Waals surface area contributed by atoms with Crippen molar-refractivity contribution in [2.45, 2.75) is 0 Å². The Morgan fingerprint density at radius 3 is 2.64 bits per heavy atom. The van der Waals surface area contributed by atoms with E-state index in [0.29, 0.717) is 5.69 Å². The number of hydrogen-bond donors (Lipinski definition) is 2. The number of rotatable bonds is 2. The van der Waals surface area contributed by atoms with Gasteiger partial charge in [0.15, 0.2) is 0 Å². The van der Waals surface area contributed by atoms with E-state index in [1.165, 1.54) is 0 Å². The predicted octanol–water partition coefficient (Wildman–Crippen LogP) is 1.32. The SMILES string of the molecule is CNc1c(N)cccc1OC. The van der Waals surface area contributed by atoms with Crippen LogP contribution in [0.25, 0.3) is 0 Å². The second kappa shape index (κ2) is 3.14. The molecule has 1 aromatic rings. The number of anilines is 2. The van der Waals surface area contributed by atoms with Gasteiger partial charge >= 0.3 is 0 Å². The van der Waals surface area contributed by atoms with Crippen LogP contribution in [0, 0.1) is 0 Å². The topological polar surface area (TPSA) is 47.3 Å². The van der Waals surface area contributed by atoms with Gasteiger partial charge < -0.3 is 15.8 Å². The Morgan fingerprint density at radius 2 is 2.18 bits per heavy atom. The molecule has 0 saturated carbocycles. The van der Waals surface area contributed by atoms with Gasteiger partial charge in [-0.25, -0.2) is 0 Å². The van der Waals surface area contributed by atoms with Gasteiger partial charge in [0.05, 0.1) is 18.5 Å². The first kappa shape index (κ1) is 7.72. The lowest BCUT2D eigenvalue weighted by molar-refractivity contribution is 0.417. The summed E-state index contributed by atoms with van der Waals surface area (Å²) in [5.41, 5.74) is 7.21. The van der Waals surface area contributed by atoms with Gasteiger partial charge in [-0.3, -0.25) is 0 Å². The summed E-state index contributed by atoms with van der Waals surface area (Å²) in [6.07, 6.45) is 0. The molecule has 0 aliphatic rings. The minimum atomic E-state index is 0.701. The highest BCUT2D eigenvalue weighted by molar-refractivity contribution is 5.73. The summed E-state index contributed by atoms with van der Waals surface area (Å²) in [4.78, 5) is 0. The van der Waals surface area contributed by atoms with Crippen molar-refractivity contribution < 1.29 is 4.74 Å². The van der Waals surface area contributed by atoms with Crippen LogP contribution in [0.2, 0.25) is 0 Å². The molecule has 0 radical (unpaired) electrons. The Balaban J connectivity index is 3.13. The maximum Gasteiger partial charge on any atom is 0.144 e. The van der Waals surface area contributed by atoms with E-state index in [9.17, 15) is 0 Å². The Morgan fingerprint density at radius 1 is 1.45 bits per heavy atom. The van der Waals surface area contributed by atoms with Crippen molar-refractivity contribution in [2.24, 2.45) is 0 Å². The molecule has 3 N–H and O–H groups in total. The summed E-state index contributed by atoms with van der Waals surface area (Å²) in [5, 5.41) is 2.96. The van der Waals surface area contributed by atoms with Crippen LogP contribution in [0.4, 0.5) is 11.4 Å². The lowest BCUT2D eigenvalue weighted by atomic mass is 10.2. The molecule has 3 nitrogen and oxygen atoms in total. The molecule has 0 fully saturated rings. The molecule has 0 spiro atoms. The number of benzene rings is 1. The smallest absolute Gasteiger partial charge is 0.144 e. The van der Waals surface area contributed by atoms with Crippen LogP contribution in [-0.4, -0.2) is 14.2 Å². The molecule has 0 aliphatic carbocycles. The van der Waals surface area contributed by atoms with Crippen molar-refractivity contribution in [1.82, 2.24) is 0 Å². The van der Waals surface area contributed by atoms with Crippen molar-refractivity contribution in [2.75, 3.05) is 25.2 Å². The number of nitrogen functional groups attached to an aromatic ring is 1. The van der Waals surface area contributed by atoms with Crippen molar-refractivity contribution in [3.63, 3.8) is 0 Å². The zero-order valence-electron chi connectivity index (χ0n) is 6.72. The molecule has 0 atom stereocenters. The van der Waals surface area contributed by atoms with Gasteiger partial charge in [-0.05, 0) is 12.1 Å². The molecule has 1 aromatic carbocycles. The van der Waals surface area contributed by atoms with Crippen molar-refractivity contribution in [3.05, 3.63) is 18.2 Å². The molecule has 0 unspecified atom stereocenters. The van der Waals surface area contributed by atoms with E-state index in [1.807, 2.05) is 25.2 Å². The molecule has 0 saturated heterocycles. The van der Waals surface area contributed by atoms with E-state index in [-0.39, 0.29) is 0 Å². The molecular formula is C8H12N2O. The van der Waals surface area contributed by atoms with Crippen molar-refractivity contribution >= 4 is 11.4 Å². The van der Waals surface area contributed by atoms with Gasteiger partial charge in [0, 0.05) is 7.05 Å². The first-order valence-electron chi connectivity index (χ1n) is 3.40. The van der Waals surface area contributed by atoms with Crippen LogP contribution in [0.15, 0.2) is 18.2 Å². The second-order valence-corrected chi connectivity index (χ2v) is 2.17. The van der Waals surface area contributed by atoms with Gasteiger partial charge in [0.25, 0.3) is 0 Å². The Labute approximate surface area is 66.2 Å². The Kier molecular flexibility index (Phi) is 2.21. The lowest BCUT2D eigenvalue weighted by Gasteiger charge is -2.09. The summed E-state index contributed by atoms with van der Waals surface area (Å²) in [5.74, 6) is 0.771. The summed E-state index contributed by atoms with van der Waals surface area (Å²) in [6.45, 7) is 0. The molecule has 1 rings (SSSR count). The van der Waals surface area contributed by atoms with E-state index in [1.54, 1.807) is 7.11 Å². The van der Waals surface area contributed by atoms with E-state index >= 15 is 0 Å². The highest BCUT2D eigenvalue weighted by Gasteiger charge is 2.02. The van der Waals surface area contributed by atoms with Crippen LogP contribution in [-0.2, 0) is 0 Å². The molecule has 60 valence electrons. The highest BCUT2D eigenvalue weighted by Crippen LogP contribution is 2.29. The van der Waals surface area contributed by atoms with Crippen LogP contribution < -0.4 is 15.8 Å². The normalized spacial score (nSPS) is 9.27. The number of ether oxygens (including phenoxy) is 1. The molecule has 3 heteroatoms. The van der Waals surface area contributed by atoms with Gasteiger partial charge in [0.2, 0.25) is 0 Å². The summed E-state index contributed by atoms with van der Waals surface area (Å²) >= 11 is 0. The summed E-state index contributed by atoms with van der Waals surface area (Å²) < 4.78 is 5.07. The number of hydrogen-bond acceptors (Lipinski definition) is 3. The molecule has 0 aliphatic heterocycles. The number of nitrogens with one attached hydrogen (secondary N) is 1. The minimum Gasteiger partial charge on any atom is -0.495 e. The molecule has 0 heterocycles. The van der Waals surface area contributed by atoms with Gasteiger partial charge in [-0.1, -0.05) is 6.07 Å². The minimum absolute atomic E-state index is 0.701. The van der Waals surface area contributed by atoms with E-state index in [2.05, 4.69) is 5.32 Å². The average Bonchev–Trinajstić information content (AvgIpc) is 2.04. The maximum atomic E-state index is 5.66. The molecule has 0 amide bonds. The van der Waals surface area contributed by atoms with E-state index in [4.69, 9.17) is 10.5 Å². The number of para-hydroxylation sites is 1. The summed E-state index contributed by atoms with van der Waals surface area (Å²) in [6, 6.07) is 5.55. The quantitative estimate of drug-likeness (QED) is 0.628. The monoisotopic (exact) mass is 152 g/mol. The highest BCUT2D eigenvalue weighted by atomic mass is 16.5. The van der Waals surface area contributed by atoms with E-state index in [0.717, 1.165) is 11.4 Å². The standard InChI is InChI=1S/C8H12N2O/c1-10-8-6(9)4-3-5-7(8)11-2/h3-5,10H,9H2,1-2H3. The van der Waals surface area contributed by atoms with Crippen LogP contribution in [0.1, 0.15) is 0 Å². The fourth-order valence-electron chi connectivity index (χ4n) is 0.986. The first-order chi connectivity index (χ1) is 5.29. The third kappa shape index (κ3) is 1.37. The zero-order chi connectivity index (χ0) is 8.27. The maximum absolute atomic E-state index is 5.66. The fraction of sp³-hybridized carbons (Fsp3) is 0.250. The third-order valence-electron chi connectivity index (χ3n) is 1.53. The molecule has 0 bridgehead atoms. The van der Waals surface area contributed by atoms with E-state index < -0.39 is 0 Å². The predicted molar refractivity (Wildman–Crippen MR) is 47.0 cm³/mol. The number of nitrogens with two attached hydrogens (primary N) is 1. The average molecular weight is 152 g/mol. The van der Waals surface area contributed by atoms with Crippen LogP contribution in [0.5, 0.6) is 5.75 Å². The van der Waals surface area contributed by atoms with Crippen LogP contribution in [0.3, 0.4) is 0 Å². The lowest BCUT2D eigenvalue weighted by Crippen LogP contribution is -1.98. The summed E-state index contributed by atoms with van der Waals surface area (Å²) in [7, 11) is 3.43. The molecule has 0 aromatic heterocycles. The molecule has 11 heavy (non-hydrogen) atoms. The first-order valence-corrected chi connectivity index (χ1v) is 3.40. The van der Waals surface area contributed by atoms with Crippen LogP contribution >= 0.6 is 0 Å². The van der Waals surface area contributed by atoms with Gasteiger partial charge in [-0.2, -0.15) is 0 Å². The number of methoxy groups -OCH3 is 1. The van der Waals surface area contributed by atoms with Gasteiger partial charge in [0.1, 0.15) is 5.75 Å². The second-order valence-electron chi connectivity index (χ2n) is 2.17. The Hall–Kier alpha value is -1.38. The van der Waals surface area contributed by atoms with Crippen molar-refractivity contribution in [1.29, 1.82) is 0 Å². The Bertz CT molecular complexity index is 248. The zero-order valence-corrected chi connectivity index (χ0v) is 6.72. The van der Waals surface area contributed by atoms with Crippen molar-refractivity contribution in [3.8, 4) is 5.75 Å². The molecular weight excluding hydrogens is 140 g/mol. The van der Waals surface area contributed by atoms with Gasteiger partial charge in [-0.15, -0.1) is 0 Å². The third-order valence-corrected chi connectivity index (χ3v) is 1.53.